The second-order valence-electron chi connectivity index (χ2n) is 7.62. The molecule has 27 heavy (non-hydrogen) atoms. The Hall–Kier alpha value is -2.96. The van der Waals surface area contributed by atoms with Crippen LogP contribution in [0.1, 0.15) is 29.1 Å². The van der Waals surface area contributed by atoms with Gasteiger partial charge in [0.2, 0.25) is 5.91 Å². The van der Waals surface area contributed by atoms with Crippen LogP contribution < -0.4 is 4.90 Å². The highest BCUT2D eigenvalue weighted by molar-refractivity contribution is 5.78. The summed E-state index contributed by atoms with van der Waals surface area (Å²) in [6.45, 7) is 7.13. The maximum Gasteiger partial charge on any atom is 0.223 e. The number of carbonyl (C=O) groups excluding carboxylic acids is 1. The molecule has 138 valence electrons. The lowest BCUT2D eigenvalue weighted by atomic mass is 9.95. The summed E-state index contributed by atoms with van der Waals surface area (Å²) in [7, 11) is 0. The number of rotatable bonds is 3. The molecule has 0 aromatic carbocycles. The summed E-state index contributed by atoms with van der Waals surface area (Å²) in [6, 6.07) is 6.07. The third-order valence-electron chi connectivity index (χ3n) is 5.64. The molecule has 0 unspecified atom stereocenters. The first-order valence-electron chi connectivity index (χ1n) is 9.36. The minimum absolute atomic E-state index is 0.228. The van der Waals surface area contributed by atoms with E-state index < -0.39 is 0 Å². The fourth-order valence-corrected chi connectivity index (χ4v) is 4.17. The van der Waals surface area contributed by atoms with Crippen LogP contribution in [0.5, 0.6) is 0 Å². The van der Waals surface area contributed by atoms with Gasteiger partial charge in [-0.05, 0) is 43.2 Å². The van der Waals surface area contributed by atoms with Gasteiger partial charge in [-0.3, -0.25) is 9.78 Å². The predicted molar refractivity (Wildman–Crippen MR) is 101 cm³/mol. The molecule has 3 aromatic rings. The second kappa shape index (κ2) is 6.04. The van der Waals surface area contributed by atoms with Crippen LogP contribution in [0.25, 0.3) is 5.65 Å². The summed E-state index contributed by atoms with van der Waals surface area (Å²) in [5, 5.41) is 4.51. The highest BCUT2D eigenvalue weighted by atomic mass is 16.2. The van der Waals surface area contributed by atoms with Crippen LogP contribution >= 0.6 is 0 Å². The number of carbonyl (C=O) groups is 1. The van der Waals surface area contributed by atoms with Crippen LogP contribution in [0.3, 0.4) is 0 Å². The molecule has 1 amide bonds. The van der Waals surface area contributed by atoms with Crippen LogP contribution in [0.4, 0.5) is 5.69 Å². The van der Waals surface area contributed by atoms with Gasteiger partial charge < -0.3 is 9.80 Å². The zero-order valence-electron chi connectivity index (χ0n) is 15.6. The number of hydrogen-bond donors (Lipinski definition) is 0. The van der Waals surface area contributed by atoms with E-state index in [0.29, 0.717) is 25.4 Å². The maximum atomic E-state index is 12.9. The normalized spacial score (nSPS) is 16.7. The van der Waals surface area contributed by atoms with Crippen LogP contribution in [-0.2, 0) is 17.9 Å². The van der Waals surface area contributed by atoms with Gasteiger partial charge in [-0.1, -0.05) is 0 Å². The largest absolute Gasteiger partial charge is 0.370 e. The average Bonchev–Trinajstić information content (AvgIpc) is 3.22. The molecule has 0 saturated carbocycles. The molecule has 0 aliphatic carbocycles. The smallest absolute Gasteiger partial charge is 0.223 e. The number of anilines is 1. The standard InChI is InChI=1S/C20H22N6O/c1-13-6-19-22-14(2)23-26(19)18-12-25(11-17(13)18)20(27)7-15-9-24(10-15)16-4-3-5-21-8-16/h3-6,8,15H,7,9-12H2,1-2H3. The molecule has 0 N–H and O–H groups in total. The van der Waals surface area contributed by atoms with E-state index in [9.17, 15) is 4.79 Å². The Balaban J connectivity index is 1.26. The van der Waals surface area contributed by atoms with Crippen molar-refractivity contribution < 1.29 is 4.79 Å². The van der Waals surface area contributed by atoms with E-state index in [4.69, 9.17) is 0 Å². The van der Waals surface area contributed by atoms with Gasteiger partial charge in [-0.15, -0.1) is 0 Å². The number of fused-ring (bicyclic) bond motifs is 3. The number of pyridine rings is 2. The van der Waals surface area contributed by atoms with Crippen molar-refractivity contribution in [3.05, 3.63) is 53.2 Å². The maximum absolute atomic E-state index is 12.9. The molecule has 5 heterocycles. The molecule has 0 bridgehead atoms. The molecule has 1 saturated heterocycles. The molecule has 2 aliphatic heterocycles. The Morgan fingerprint density at radius 2 is 2.11 bits per heavy atom. The molecule has 5 rings (SSSR count). The van der Waals surface area contributed by atoms with Gasteiger partial charge in [0.1, 0.15) is 5.82 Å². The van der Waals surface area contributed by atoms with E-state index in [-0.39, 0.29) is 5.91 Å². The van der Waals surface area contributed by atoms with E-state index >= 15 is 0 Å². The summed E-state index contributed by atoms with van der Waals surface area (Å²) in [5.74, 6) is 1.40. The lowest BCUT2D eigenvalue weighted by Crippen LogP contribution is -2.48. The average molecular weight is 362 g/mol. The highest BCUT2D eigenvalue weighted by Gasteiger charge is 2.33. The Morgan fingerprint density at radius 3 is 2.89 bits per heavy atom. The zero-order chi connectivity index (χ0) is 18.5. The number of amides is 1. The molecule has 0 radical (unpaired) electrons. The van der Waals surface area contributed by atoms with Crippen molar-refractivity contribution in [3.63, 3.8) is 0 Å². The molecule has 0 atom stereocenters. The lowest BCUT2D eigenvalue weighted by Gasteiger charge is -2.41. The Bertz CT molecular complexity index is 1020. The van der Waals surface area contributed by atoms with Crippen molar-refractivity contribution in [1.82, 2.24) is 24.5 Å². The van der Waals surface area contributed by atoms with Gasteiger partial charge in [0, 0.05) is 38.2 Å². The molecular weight excluding hydrogens is 340 g/mol. The Labute approximate surface area is 157 Å². The predicted octanol–water partition coefficient (Wildman–Crippen LogP) is 2.11. The van der Waals surface area contributed by atoms with Gasteiger partial charge in [0.15, 0.2) is 5.65 Å². The quantitative estimate of drug-likeness (QED) is 0.714. The first kappa shape index (κ1) is 16.2. The van der Waals surface area contributed by atoms with Crippen molar-refractivity contribution in [3.8, 4) is 0 Å². The topological polar surface area (TPSA) is 66.6 Å². The van der Waals surface area contributed by atoms with Gasteiger partial charge in [0.25, 0.3) is 0 Å². The molecule has 7 nitrogen and oxygen atoms in total. The van der Waals surface area contributed by atoms with Crippen molar-refractivity contribution >= 4 is 17.2 Å². The number of aromatic nitrogens is 4. The zero-order valence-corrected chi connectivity index (χ0v) is 15.6. The summed E-state index contributed by atoms with van der Waals surface area (Å²) in [6.07, 6.45) is 4.26. The highest BCUT2D eigenvalue weighted by Crippen LogP contribution is 2.30. The molecule has 3 aromatic heterocycles. The molecule has 0 spiro atoms. The Morgan fingerprint density at radius 1 is 1.26 bits per heavy atom. The lowest BCUT2D eigenvalue weighted by molar-refractivity contribution is -0.133. The van der Waals surface area contributed by atoms with Crippen molar-refractivity contribution in [2.45, 2.75) is 33.4 Å². The van der Waals surface area contributed by atoms with Crippen molar-refractivity contribution in [1.29, 1.82) is 0 Å². The van der Waals surface area contributed by atoms with E-state index in [1.807, 2.05) is 28.6 Å². The fraction of sp³-hybridized carbons (Fsp3) is 0.400. The van der Waals surface area contributed by atoms with Crippen LogP contribution in [-0.4, -0.2) is 43.5 Å². The van der Waals surface area contributed by atoms with Gasteiger partial charge in [0.05, 0.1) is 24.1 Å². The summed E-state index contributed by atoms with van der Waals surface area (Å²) >= 11 is 0. The van der Waals surface area contributed by atoms with E-state index in [1.54, 1.807) is 6.20 Å². The van der Waals surface area contributed by atoms with Crippen LogP contribution in [0.2, 0.25) is 0 Å². The fourth-order valence-electron chi connectivity index (χ4n) is 4.17. The monoisotopic (exact) mass is 362 g/mol. The van der Waals surface area contributed by atoms with Crippen molar-refractivity contribution in [2.24, 2.45) is 5.92 Å². The third kappa shape index (κ3) is 2.74. The summed E-state index contributed by atoms with van der Waals surface area (Å²) in [4.78, 5) is 25.7. The van der Waals surface area contributed by atoms with E-state index in [1.165, 1.54) is 11.1 Å². The van der Waals surface area contributed by atoms with E-state index in [2.05, 4.69) is 39.0 Å². The molecule has 2 aliphatic rings. The minimum Gasteiger partial charge on any atom is -0.370 e. The summed E-state index contributed by atoms with van der Waals surface area (Å²) in [5.41, 5.74) is 5.50. The first-order valence-corrected chi connectivity index (χ1v) is 9.36. The summed E-state index contributed by atoms with van der Waals surface area (Å²) < 4.78 is 1.90. The van der Waals surface area contributed by atoms with Crippen LogP contribution in [0.15, 0.2) is 30.6 Å². The van der Waals surface area contributed by atoms with Crippen molar-refractivity contribution in [2.75, 3.05) is 18.0 Å². The number of nitrogens with zero attached hydrogens (tertiary/aromatic N) is 6. The molecule has 7 heteroatoms. The van der Waals surface area contributed by atoms with Gasteiger partial charge in [-0.2, -0.15) is 5.10 Å². The molecule has 1 fully saturated rings. The SMILES string of the molecule is Cc1nc2cc(C)c3c(n2n1)CN(C(=O)CC1CN(c2cccnc2)C1)C3. The second-order valence-corrected chi connectivity index (χ2v) is 7.62. The number of aryl methyl sites for hydroxylation is 2. The molecular formula is C20H22N6O. The minimum atomic E-state index is 0.228. The number of hydrogen-bond acceptors (Lipinski definition) is 5. The first-order chi connectivity index (χ1) is 13.1. The van der Waals surface area contributed by atoms with Gasteiger partial charge >= 0.3 is 0 Å². The van der Waals surface area contributed by atoms with E-state index in [0.717, 1.165) is 35.9 Å². The third-order valence-corrected chi connectivity index (χ3v) is 5.64. The van der Waals surface area contributed by atoms with Crippen LogP contribution in [0, 0.1) is 19.8 Å². The van der Waals surface area contributed by atoms with Gasteiger partial charge in [-0.25, -0.2) is 9.50 Å². The Kier molecular flexibility index (Phi) is 3.63.